The van der Waals surface area contributed by atoms with E-state index < -0.39 is 17.4 Å². The quantitative estimate of drug-likeness (QED) is 0.582. The van der Waals surface area contributed by atoms with Crippen LogP contribution in [0, 0.1) is 0 Å². The maximum absolute atomic E-state index is 6.14. The Kier molecular flexibility index (Phi) is 11.8. The topological polar surface area (TPSA) is 46.2 Å². The van der Waals surface area contributed by atoms with Crippen LogP contribution in [-0.4, -0.2) is 49.9 Å². The average Bonchev–Trinajstić information content (AvgIpc) is 2.54. The van der Waals surface area contributed by atoms with Gasteiger partial charge in [-0.1, -0.05) is 30.3 Å². The van der Waals surface area contributed by atoms with Crippen LogP contribution in [0.3, 0.4) is 0 Å². The van der Waals surface area contributed by atoms with E-state index in [1.165, 1.54) is 0 Å². The molecule has 0 radical (unpaired) electrons. The molecule has 5 nitrogen and oxygen atoms in total. The number of rotatable bonds is 9. The zero-order chi connectivity index (χ0) is 20.4. The highest BCUT2D eigenvalue weighted by atomic mass is 28.4. The third-order valence-corrected chi connectivity index (χ3v) is 8.63. The minimum atomic E-state index is -2.86. The molecule has 0 aliphatic carbocycles. The number of benzene rings is 1. The first kappa shape index (κ1) is 25.5. The smallest absolute Gasteiger partial charge is 0.398 e. The Bertz CT molecular complexity index is 446. The van der Waals surface area contributed by atoms with E-state index in [9.17, 15) is 0 Å². The molecule has 0 aliphatic heterocycles. The van der Waals surface area contributed by atoms with Crippen molar-refractivity contribution >= 4 is 22.6 Å². The fourth-order valence-corrected chi connectivity index (χ4v) is 5.15. The molecule has 7 heteroatoms. The third-order valence-electron chi connectivity index (χ3n) is 3.28. The standard InChI is InChI=1S/C15H26O3Si.C4H12O2Si/c1-12(2)16-19(17-13(3)4,18-14(5)6)15-10-8-7-9-11-15;1-5-7(3,4)6-2/h7-14H,1-6H3;1-4H3. The van der Waals surface area contributed by atoms with Crippen LogP contribution in [0.4, 0.5) is 0 Å². The molecule has 0 saturated carbocycles. The van der Waals surface area contributed by atoms with Gasteiger partial charge in [0.05, 0.1) is 0 Å². The molecule has 0 fully saturated rings. The van der Waals surface area contributed by atoms with E-state index in [1.807, 2.05) is 85.0 Å². The van der Waals surface area contributed by atoms with Gasteiger partial charge in [-0.05, 0) is 54.6 Å². The lowest BCUT2D eigenvalue weighted by molar-refractivity contribution is 0.0153. The largest absolute Gasteiger partial charge is 0.537 e. The lowest BCUT2D eigenvalue weighted by Crippen LogP contribution is -2.60. The van der Waals surface area contributed by atoms with Crippen LogP contribution in [0.2, 0.25) is 13.1 Å². The Morgan fingerprint density at radius 3 is 1.23 bits per heavy atom. The summed E-state index contributed by atoms with van der Waals surface area (Å²) in [5, 5.41) is 1.02. The van der Waals surface area contributed by atoms with E-state index in [-0.39, 0.29) is 18.3 Å². The lowest BCUT2D eigenvalue weighted by atomic mass is 10.4. The molecule has 0 N–H and O–H groups in total. The number of hydrogen-bond donors (Lipinski definition) is 0. The highest BCUT2D eigenvalue weighted by Gasteiger charge is 2.46. The van der Waals surface area contributed by atoms with Crippen molar-refractivity contribution in [3.05, 3.63) is 30.3 Å². The molecule has 1 aromatic rings. The van der Waals surface area contributed by atoms with Crippen LogP contribution in [0.15, 0.2) is 30.3 Å². The first-order valence-corrected chi connectivity index (χ1v) is 13.7. The molecule has 0 aliphatic rings. The summed E-state index contributed by atoms with van der Waals surface area (Å²) in [7, 11) is -1.16. The van der Waals surface area contributed by atoms with Crippen molar-refractivity contribution in [1.29, 1.82) is 0 Å². The summed E-state index contributed by atoms with van der Waals surface area (Å²) in [5.74, 6) is 0. The SMILES string of the molecule is CC(C)O[Si](OC(C)C)(OC(C)C)c1ccccc1.CO[Si](C)(C)OC. The van der Waals surface area contributed by atoms with E-state index in [1.54, 1.807) is 14.2 Å². The van der Waals surface area contributed by atoms with Gasteiger partial charge in [0.25, 0.3) is 0 Å². The van der Waals surface area contributed by atoms with Crippen LogP contribution >= 0.6 is 0 Å². The monoisotopic (exact) mass is 402 g/mol. The van der Waals surface area contributed by atoms with Crippen molar-refractivity contribution in [1.82, 2.24) is 0 Å². The average molecular weight is 403 g/mol. The van der Waals surface area contributed by atoms with Crippen LogP contribution in [-0.2, 0) is 22.1 Å². The normalized spacial score (nSPS) is 12.5. The first-order chi connectivity index (χ1) is 12.0. The molecular weight excluding hydrogens is 364 g/mol. The molecule has 0 bridgehead atoms. The highest BCUT2D eigenvalue weighted by molar-refractivity contribution is 6.75. The first-order valence-electron chi connectivity index (χ1n) is 9.17. The van der Waals surface area contributed by atoms with E-state index in [0.717, 1.165) is 5.19 Å². The molecule has 0 atom stereocenters. The maximum Gasteiger partial charge on any atom is 0.537 e. The van der Waals surface area contributed by atoms with Crippen molar-refractivity contribution in [2.75, 3.05) is 14.2 Å². The highest BCUT2D eigenvalue weighted by Crippen LogP contribution is 2.17. The molecule has 0 spiro atoms. The second-order valence-electron chi connectivity index (χ2n) is 7.23. The third kappa shape index (κ3) is 9.96. The summed E-state index contributed by atoms with van der Waals surface area (Å²) in [6, 6.07) is 10.0. The van der Waals surface area contributed by atoms with Gasteiger partial charge in [-0.2, -0.15) is 0 Å². The minimum absolute atomic E-state index is 0.0596. The predicted molar refractivity (Wildman–Crippen MR) is 112 cm³/mol. The molecule has 0 amide bonds. The Morgan fingerprint density at radius 1 is 0.654 bits per heavy atom. The van der Waals surface area contributed by atoms with Gasteiger partial charge in [0, 0.05) is 37.7 Å². The van der Waals surface area contributed by atoms with Gasteiger partial charge in [0.15, 0.2) is 0 Å². The summed E-state index contributed by atoms with van der Waals surface area (Å²) in [4.78, 5) is 0. The molecular formula is C19H38O5Si2. The van der Waals surface area contributed by atoms with Gasteiger partial charge in [0.1, 0.15) is 0 Å². The van der Waals surface area contributed by atoms with E-state index in [4.69, 9.17) is 22.1 Å². The van der Waals surface area contributed by atoms with Crippen molar-refractivity contribution in [2.45, 2.75) is 72.9 Å². The van der Waals surface area contributed by atoms with E-state index in [0.29, 0.717) is 0 Å². The minimum Gasteiger partial charge on any atom is -0.398 e. The van der Waals surface area contributed by atoms with Crippen LogP contribution in [0.1, 0.15) is 41.5 Å². The second-order valence-corrected chi connectivity index (χ2v) is 13.2. The van der Waals surface area contributed by atoms with Crippen LogP contribution in [0.25, 0.3) is 0 Å². The summed E-state index contributed by atoms with van der Waals surface area (Å²) < 4.78 is 28.4. The molecule has 0 saturated heterocycles. The van der Waals surface area contributed by atoms with Gasteiger partial charge in [-0.3, -0.25) is 0 Å². The van der Waals surface area contributed by atoms with Gasteiger partial charge in [-0.25, -0.2) is 0 Å². The fraction of sp³-hybridized carbons (Fsp3) is 0.684. The molecule has 0 unspecified atom stereocenters. The van der Waals surface area contributed by atoms with Crippen molar-refractivity contribution in [3.63, 3.8) is 0 Å². The van der Waals surface area contributed by atoms with Gasteiger partial charge in [0.2, 0.25) is 0 Å². The van der Waals surface area contributed by atoms with Crippen LogP contribution < -0.4 is 5.19 Å². The number of hydrogen-bond acceptors (Lipinski definition) is 5. The molecule has 0 heterocycles. The predicted octanol–water partition coefficient (Wildman–Crippen LogP) is 4.09. The van der Waals surface area contributed by atoms with Crippen molar-refractivity contribution in [2.24, 2.45) is 0 Å². The van der Waals surface area contributed by atoms with Gasteiger partial charge >= 0.3 is 17.4 Å². The summed E-state index contributed by atoms with van der Waals surface area (Å²) in [6.07, 6.45) is 0.179. The van der Waals surface area contributed by atoms with Crippen molar-refractivity contribution in [3.8, 4) is 0 Å². The molecule has 1 rings (SSSR count). The summed E-state index contributed by atoms with van der Waals surface area (Å²) in [6.45, 7) is 16.1. The zero-order valence-electron chi connectivity index (χ0n) is 18.2. The lowest BCUT2D eigenvalue weighted by Gasteiger charge is -2.34. The van der Waals surface area contributed by atoms with Crippen molar-refractivity contribution < 1.29 is 22.1 Å². The molecule has 26 heavy (non-hydrogen) atoms. The van der Waals surface area contributed by atoms with Gasteiger partial charge in [-0.15, -0.1) is 0 Å². The molecule has 1 aromatic carbocycles. The zero-order valence-corrected chi connectivity index (χ0v) is 20.2. The van der Waals surface area contributed by atoms with Crippen LogP contribution in [0.5, 0.6) is 0 Å². The Balaban J connectivity index is 0.000000758. The Hall–Kier alpha value is -0.546. The Morgan fingerprint density at radius 2 is 1.00 bits per heavy atom. The summed E-state index contributed by atoms with van der Waals surface area (Å²) in [5.41, 5.74) is 0. The second kappa shape index (κ2) is 12.0. The van der Waals surface area contributed by atoms with E-state index in [2.05, 4.69) is 0 Å². The van der Waals surface area contributed by atoms with Gasteiger partial charge < -0.3 is 22.1 Å². The summed E-state index contributed by atoms with van der Waals surface area (Å²) >= 11 is 0. The molecule has 152 valence electrons. The Labute approximate surface area is 162 Å². The van der Waals surface area contributed by atoms with E-state index >= 15 is 0 Å². The fourth-order valence-electron chi connectivity index (χ4n) is 1.94. The maximum atomic E-state index is 6.14. The molecule has 0 aromatic heterocycles.